The molecule has 1 heterocycles. The zero-order valence-electron chi connectivity index (χ0n) is 8.48. The Morgan fingerprint density at radius 3 is 2.73 bits per heavy atom. The lowest BCUT2D eigenvalue weighted by atomic mass is 10.2. The van der Waals surface area contributed by atoms with Gasteiger partial charge in [0, 0.05) is 24.3 Å². The highest BCUT2D eigenvalue weighted by molar-refractivity contribution is 7.80. The van der Waals surface area contributed by atoms with E-state index in [0.29, 0.717) is 4.99 Å². The summed E-state index contributed by atoms with van der Waals surface area (Å²) in [5.74, 6) is 0. The van der Waals surface area contributed by atoms with Gasteiger partial charge in [-0.3, -0.25) is 0 Å². The molecule has 3 nitrogen and oxygen atoms in total. The molecule has 2 N–H and O–H groups in total. The van der Waals surface area contributed by atoms with Crippen LogP contribution >= 0.6 is 12.2 Å². The molecular weight excluding hydrogens is 208 g/mol. The summed E-state index contributed by atoms with van der Waals surface area (Å²) in [6.07, 6.45) is 0. The Balaban J connectivity index is 2.19. The quantitative estimate of drug-likeness (QED) is 0.762. The molecule has 0 amide bonds. The Labute approximate surface area is 94.8 Å². The van der Waals surface area contributed by atoms with Crippen molar-refractivity contribution in [3.05, 3.63) is 29.8 Å². The molecule has 1 aromatic rings. The van der Waals surface area contributed by atoms with Crippen molar-refractivity contribution in [2.24, 2.45) is 5.73 Å². The first-order valence-electron chi connectivity index (χ1n) is 5.00. The van der Waals surface area contributed by atoms with E-state index < -0.39 is 0 Å². The van der Waals surface area contributed by atoms with Gasteiger partial charge in [0.05, 0.1) is 13.2 Å². The molecule has 0 spiro atoms. The fraction of sp³-hybridized carbons (Fsp3) is 0.364. The summed E-state index contributed by atoms with van der Waals surface area (Å²) in [4.78, 5) is 2.73. The standard InChI is InChI=1S/C11H14N2OS/c12-11(15)9-2-1-3-10(8-9)13-4-6-14-7-5-13/h1-3,8H,4-7H2,(H2,12,15). The molecule has 15 heavy (non-hydrogen) atoms. The minimum absolute atomic E-state index is 0.449. The Morgan fingerprint density at radius 2 is 2.07 bits per heavy atom. The van der Waals surface area contributed by atoms with Crippen LogP contribution in [0.3, 0.4) is 0 Å². The first-order chi connectivity index (χ1) is 7.27. The number of hydrogen-bond donors (Lipinski definition) is 1. The average Bonchev–Trinajstić information content (AvgIpc) is 2.30. The van der Waals surface area contributed by atoms with Gasteiger partial charge in [0.1, 0.15) is 4.99 Å². The highest BCUT2D eigenvalue weighted by Crippen LogP contribution is 2.17. The summed E-state index contributed by atoms with van der Waals surface area (Å²) in [5.41, 5.74) is 7.70. The third-order valence-corrected chi connectivity index (χ3v) is 2.74. The van der Waals surface area contributed by atoms with E-state index in [4.69, 9.17) is 22.7 Å². The van der Waals surface area contributed by atoms with Crippen LogP contribution in [0.5, 0.6) is 0 Å². The molecule has 0 bridgehead atoms. The molecule has 1 fully saturated rings. The molecule has 2 rings (SSSR count). The predicted octanol–water partition coefficient (Wildman–Crippen LogP) is 1.16. The lowest BCUT2D eigenvalue weighted by Crippen LogP contribution is -2.36. The van der Waals surface area contributed by atoms with Crippen LogP contribution in [-0.2, 0) is 4.74 Å². The van der Waals surface area contributed by atoms with E-state index in [2.05, 4.69) is 11.0 Å². The highest BCUT2D eigenvalue weighted by atomic mass is 32.1. The third-order valence-electron chi connectivity index (χ3n) is 2.51. The number of benzene rings is 1. The number of thiocarbonyl (C=S) groups is 1. The van der Waals surface area contributed by atoms with E-state index in [1.165, 1.54) is 5.69 Å². The summed E-state index contributed by atoms with van der Waals surface area (Å²) in [7, 11) is 0. The van der Waals surface area contributed by atoms with Crippen molar-refractivity contribution in [2.75, 3.05) is 31.2 Å². The zero-order chi connectivity index (χ0) is 10.7. The fourth-order valence-corrected chi connectivity index (χ4v) is 1.80. The van der Waals surface area contributed by atoms with Crippen molar-refractivity contribution in [3.8, 4) is 0 Å². The summed E-state index contributed by atoms with van der Waals surface area (Å²) < 4.78 is 5.31. The maximum Gasteiger partial charge on any atom is 0.104 e. The van der Waals surface area contributed by atoms with Crippen LogP contribution in [0, 0.1) is 0 Å². The predicted molar refractivity (Wildman–Crippen MR) is 65.4 cm³/mol. The zero-order valence-corrected chi connectivity index (χ0v) is 9.30. The van der Waals surface area contributed by atoms with E-state index in [1.807, 2.05) is 18.2 Å². The number of nitrogens with zero attached hydrogens (tertiary/aromatic N) is 1. The van der Waals surface area contributed by atoms with Gasteiger partial charge in [-0.25, -0.2) is 0 Å². The normalized spacial score (nSPS) is 16.4. The Kier molecular flexibility index (Phi) is 3.18. The second-order valence-electron chi connectivity index (χ2n) is 3.51. The molecule has 1 aliphatic rings. The minimum atomic E-state index is 0.449. The second-order valence-corrected chi connectivity index (χ2v) is 3.95. The van der Waals surface area contributed by atoms with Crippen molar-refractivity contribution in [1.82, 2.24) is 0 Å². The van der Waals surface area contributed by atoms with Crippen molar-refractivity contribution >= 4 is 22.9 Å². The van der Waals surface area contributed by atoms with Crippen molar-refractivity contribution in [1.29, 1.82) is 0 Å². The van der Waals surface area contributed by atoms with E-state index in [9.17, 15) is 0 Å². The van der Waals surface area contributed by atoms with E-state index in [1.54, 1.807) is 0 Å². The molecule has 1 aliphatic heterocycles. The minimum Gasteiger partial charge on any atom is -0.389 e. The van der Waals surface area contributed by atoms with E-state index >= 15 is 0 Å². The van der Waals surface area contributed by atoms with Crippen LogP contribution in [0.4, 0.5) is 5.69 Å². The van der Waals surface area contributed by atoms with Crippen LogP contribution in [0.2, 0.25) is 0 Å². The maximum absolute atomic E-state index is 5.60. The third kappa shape index (κ3) is 2.46. The van der Waals surface area contributed by atoms with E-state index in [0.717, 1.165) is 31.9 Å². The van der Waals surface area contributed by atoms with Gasteiger partial charge in [-0.05, 0) is 12.1 Å². The number of morpholine rings is 1. The van der Waals surface area contributed by atoms with Crippen LogP contribution < -0.4 is 10.6 Å². The number of rotatable bonds is 2. The van der Waals surface area contributed by atoms with Crippen LogP contribution in [-0.4, -0.2) is 31.3 Å². The van der Waals surface area contributed by atoms with E-state index in [-0.39, 0.29) is 0 Å². The lowest BCUT2D eigenvalue weighted by molar-refractivity contribution is 0.122. The summed E-state index contributed by atoms with van der Waals surface area (Å²) in [6.45, 7) is 3.44. The second kappa shape index (κ2) is 4.59. The number of hydrogen-bond acceptors (Lipinski definition) is 3. The molecule has 0 aliphatic carbocycles. The largest absolute Gasteiger partial charge is 0.389 e. The van der Waals surface area contributed by atoms with Gasteiger partial charge in [-0.15, -0.1) is 0 Å². The van der Waals surface area contributed by atoms with Gasteiger partial charge >= 0.3 is 0 Å². The van der Waals surface area contributed by atoms with Gasteiger partial charge in [-0.1, -0.05) is 24.4 Å². The summed E-state index contributed by atoms with van der Waals surface area (Å²) in [6, 6.07) is 8.03. The number of nitrogens with two attached hydrogens (primary N) is 1. The molecule has 0 saturated carbocycles. The van der Waals surface area contributed by atoms with Crippen LogP contribution in [0.1, 0.15) is 5.56 Å². The summed E-state index contributed by atoms with van der Waals surface area (Å²) in [5, 5.41) is 0. The Hall–Kier alpha value is -1.13. The Morgan fingerprint density at radius 1 is 1.33 bits per heavy atom. The van der Waals surface area contributed by atoms with Gasteiger partial charge in [-0.2, -0.15) is 0 Å². The Bertz CT molecular complexity index is 361. The van der Waals surface area contributed by atoms with Gasteiger partial charge in [0.25, 0.3) is 0 Å². The van der Waals surface area contributed by atoms with Gasteiger partial charge in [0.15, 0.2) is 0 Å². The molecule has 80 valence electrons. The fourth-order valence-electron chi connectivity index (χ4n) is 1.68. The van der Waals surface area contributed by atoms with Crippen LogP contribution in [0.25, 0.3) is 0 Å². The number of ether oxygens (including phenoxy) is 1. The molecule has 1 saturated heterocycles. The first kappa shape index (κ1) is 10.4. The maximum atomic E-state index is 5.60. The molecular formula is C11H14N2OS. The molecule has 1 aromatic carbocycles. The highest BCUT2D eigenvalue weighted by Gasteiger charge is 2.11. The van der Waals surface area contributed by atoms with Crippen molar-refractivity contribution in [3.63, 3.8) is 0 Å². The lowest BCUT2D eigenvalue weighted by Gasteiger charge is -2.29. The molecule has 0 radical (unpaired) electrons. The molecule has 4 heteroatoms. The smallest absolute Gasteiger partial charge is 0.104 e. The first-order valence-corrected chi connectivity index (χ1v) is 5.41. The molecule has 0 unspecified atom stereocenters. The number of anilines is 1. The van der Waals surface area contributed by atoms with Gasteiger partial charge in [0.2, 0.25) is 0 Å². The average molecular weight is 222 g/mol. The van der Waals surface area contributed by atoms with Crippen LogP contribution in [0.15, 0.2) is 24.3 Å². The van der Waals surface area contributed by atoms with Crippen molar-refractivity contribution < 1.29 is 4.74 Å². The SMILES string of the molecule is NC(=S)c1cccc(N2CCOCC2)c1. The van der Waals surface area contributed by atoms with Gasteiger partial charge < -0.3 is 15.4 Å². The monoisotopic (exact) mass is 222 g/mol. The summed E-state index contributed by atoms with van der Waals surface area (Å²) >= 11 is 4.96. The molecule has 0 atom stereocenters. The topological polar surface area (TPSA) is 38.5 Å². The molecule has 0 aromatic heterocycles. The van der Waals surface area contributed by atoms with Crippen molar-refractivity contribution in [2.45, 2.75) is 0 Å².